The van der Waals surface area contributed by atoms with Crippen LogP contribution in [0.3, 0.4) is 0 Å². The maximum Gasteiger partial charge on any atom is 0.261 e. The van der Waals surface area contributed by atoms with Crippen molar-refractivity contribution >= 4 is 50.1 Å². The molecule has 0 amide bonds. The fourth-order valence-corrected chi connectivity index (χ4v) is 3.47. The molecule has 0 spiro atoms. The zero-order chi connectivity index (χ0) is 16.0. The van der Waals surface area contributed by atoms with Gasteiger partial charge in [0, 0.05) is 16.0 Å². The molecule has 114 valence electrons. The number of benzene rings is 2. The van der Waals surface area contributed by atoms with Crippen LogP contribution in [-0.2, 0) is 6.54 Å². The van der Waals surface area contributed by atoms with Crippen LogP contribution < -0.4 is 5.56 Å². The Kier molecular flexibility index (Phi) is 3.58. The molecule has 1 aliphatic heterocycles. The van der Waals surface area contributed by atoms with Crippen molar-refractivity contribution in [1.29, 1.82) is 0 Å². The summed E-state index contributed by atoms with van der Waals surface area (Å²) in [5.74, 6) is 0.737. The Hall–Kier alpha value is -1.91. The summed E-state index contributed by atoms with van der Waals surface area (Å²) >= 11 is 9.60. The molecule has 3 aromatic rings. The topological polar surface area (TPSA) is 34.9 Å². The zero-order valence-electron chi connectivity index (χ0n) is 12.1. The summed E-state index contributed by atoms with van der Waals surface area (Å²) in [6, 6.07) is 13.2. The molecule has 0 atom stereocenters. The molecule has 0 bridgehead atoms. The van der Waals surface area contributed by atoms with Gasteiger partial charge in [-0.3, -0.25) is 9.36 Å². The third-order valence-corrected chi connectivity index (χ3v) is 5.00. The third-order valence-electron chi connectivity index (χ3n) is 4.04. The van der Waals surface area contributed by atoms with Crippen molar-refractivity contribution in [2.75, 3.05) is 0 Å². The highest BCUT2D eigenvalue weighted by Gasteiger charge is 2.21. The van der Waals surface area contributed by atoms with Gasteiger partial charge in [0.05, 0.1) is 10.9 Å². The Morgan fingerprint density at radius 1 is 1.22 bits per heavy atom. The quantitative estimate of drug-likeness (QED) is 0.603. The Morgan fingerprint density at radius 2 is 2.04 bits per heavy atom. The Labute approximate surface area is 146 Å². The normalized spacial score (nSPS) is 15.3. The summed E-state index contributed by atoms with van der Waals surface area (Å²) in [7, 11) is 0. The van der Waals surface area contributed by atoms with Gasteiger partial charge >= 0.3 is 0 Å². The lowest BCUT2D eigenvalue weighted by atomic mass is 10.1. The largest absolute Gasteiger partial charge is 0.292 e. The second-order valence-corrected chi connectivity index (χ2v) is 6.79. The monoisotopic (exact) mass is 386 g/mol. The van der Waals surface area contributed by atoms with Crippen molar-refractivity contribution in [3.63, 3.8) is 0 Å². The van der Waals surface area contributed by atoms with E-state index < -0.39 is 0 Å². The molecule has 0 fully saturated rings. The number of allylic oxidation sites excluding steroid dienone is 1. The molecule has 0 N–H and O–H groups in total. The van der Waals surface area contributed by atoms with E-state index in [1.54, 1.807) is 22.8 Å². The Balaban J connectivity index is 1.93. The van der Waals surface area contributed by atoms with E-state index in [-0.39, 0.29) is 5.56 Å². The van der Waals surface area contributed by atoms with Gasteiger partial charge in [-0.25, -0.2) is 4.98 Å². The van der Waals surface area contributed by atoms with Crippen LogP contribution in [0.5, 0.6) is 0 Å². The number of hydrogen-bond acceptors (Lipinski definition) is 2. The fourth-order valence-electron chi connectivity index (χ4n) is 2.91. The molecule has 2 heterocycles. The molecular formula is C18H12BrClN2O. The van der Waals surface area contributed by atoms with Crippen LogP contribution in [0, 0.1) is 0 Å². The predicted molar refractivity (Wildman–Crippen MR) is 97.6 cm³/mol. The molecular weight excluding hydrogens is 376 g/mol. The highest BCUT2D eigenvalue weighted by molar-refractivity contribution is 9.10. The first-order chi connectivity index (χ1) is 11.1. The van der Waals surface area contributed by atoms with Crippen LogP contribution in [0.15, 0.2) is 51.7 Å². The van der Waals surface area contributed by atoms with Crippen molar-refractivity contribution in [3.8, 4) is 0 Å². The van der Waals surface area contributed by atoms with Crippen molar-refractivity contribution in [2.45, 2.75) is 13.0 Å². The van der Waals surface area contributed by atoms with E-state index in [0.29, 0.717) is 22.5 Å². The van der Waals surface area contributed by atoms with Crippen LogP contribution in [0.1, 0.15) is 17.8 Å². The van der Waals surface area contributed by atoms with Crippen molar-refractivity contribution in [2.24, 2.45) is 0 Å². The molecule has 3 nitrogen and oxygen atoms in total. The minimum Gasteiger partial charge on any atom is -0.292 e. The average molecular weight is 388 g/mol. The van der Waals surface area contributed by atoms with Gasteiger partial charge in [0.15, 0.2) is 0 Å². The molecule has 1 aromatic heterocycles. The number of nitrogens with zero attached hydrogens (tertiary/aromatic N) is 2. The molecule has 5 heteroatoms. The summed E-state index contributed by atoms with van der Waals surface area (Å²) in [6.45, 7) is 0.663. The van der Waals surface area contributed by atoms with Crippen LogP contribution >= 0.6 is 27.5 Å². The molecule has 1 aliphatic rings. The summed E-state index contributed by atoms with van der Waals surface area (Å²) in [6.07, 6.45) is 2.89. The van der Waals surface area contributed by atoms with Gasteiger partial charge in [0.2, 0.25) is 0 Å². The molecule has 23 heavy (non-hydrogen) atoms. The van der Waals surface area contributed by atoms with E-state index in [2.05, 4.69) is 27.0 Å². The van der Waals surface area contributed by atoms with Gasteiger partial charge in [-0.1, -0.05) is 45.7 Å². The summed E-state index contributed by atoms with van der Waals surface area (Å²) < 4.78 is 2.77. The first-order valence-electron chi connectivity index (χ1n) is 7.29. The Bertz CT molecular complexity index is 1020. The van der Waals surface area contributed by atoms with E-state index in [1.165, 1.54) is 0 Å². The lowest BCUT2D eigenvalue weighted by molar-refractivity contribution is 0.725. The molecule has 0 saturated heterocycles. The molecule has 2 aromatic carbocycles. The minimum atomic E-state index is -0.00260. The van der Waals surface area contributed by atoms with E-state index in [9.17, 15) is 4.79 Å². The van der Waals surface area contributed by atoms with Gasteiger partial charge in [0.1, 0.15) is 5.82 Å². The molecule has 0 radical (unpaired) electrons. The zero-order valence-corrected chi connectivity index (χ0v) is 14.4. The second-order valence-electron chi connectivity index (χ2n) is 5.49. The first-order valence-corrected chi connectivity index (χ1v) is 8.46. The smallest absolute Gasteiger partial charge is 0.261 e. The van der Waals surface area contributed by atoms with Crippen molar-refractivity contribution < 1.29 is 0 Å². The first kappa shape index (κ1) is 14.7. The van der Waals surface area contributed by atoms with Crippen molar-refractivity contribution in [3.05, 3.63) is 73.7 Å². The predicted octanol–water partition coefficient (Wildman–Crippen LogP) is 4.76. The van der Waals surface area contributed by atoms with Gasteiger partial charge in [-0.05, 0) is 47.9 Å². The van der Waals surface area contributed by atoms with Gasteiger partial charge in [0.25, 0.3) is 5.56 Å². The van der Waals surface area contributed by atoms with Crippen LogP contribution in [0.2, 0.25) is 5.02 Å². The van der Waals surface area contributed by atoms with E-state index >= 15 is 0 Å². The van der Waals surface area contributed by atoms with Crippen LogP contribution in [-0.4, -0.2) is 9.55 Å². The highest BCUT2D eigenvalue weighted by atomic mass is 79.9. The third kappa shape index (κ3) is 2.52. The number of hydrogen-bond donors (Lipinski definition) is 0. The Morgan fingerprint density at radius 3 is 2.87 bits per heavy atom. The average Bonchev–Trinajstić information content (AvgIpc) is 2.93. The van der Waals surface area contributed by atoms with Crippen LogP contribution in [0.4, 0.5) is 0 Å². The summed E-state index contributed by atoms with van der Waals surface area (Å²) in [5.41, 5.74) is 2.79. The number of rotatable bonds is 1. The standard InChI is InChI=1S/C18H12BrClN2O/c19-15-4-2-1-3-11(15)9-12-7-8-22-17(12)21-16-10-13(20)5-6-14(16)18(22)23/h1-6,9-10H,7-8H2/b12-9+. The number of halogens is 2. The summed E-state index contributed by atoms with van der Waals surface area (Å²) in [5, 5.41) is 1.20. The maximum absolute atomic E-state index is 12.6. The van der Waals surface area contributed by atoms with Crippen molar-refractivity contribution in [1.82, 2.24) is 9.55 Å². The van der Waals surface area contributed by atoms with Gasteiger partial charge < -0.3 is 0 Å². The molecule has 4 rings (SSSR count). The molecule has 0 saturated carbocycles. The SMILES string of the molecule is O=c1c2ccc(Cl)cc2nc2n1CC/C2=C\c1ccccc1Br. The number of aromatic nitrogens is 2. The van der Waals surface area contributed by atoms with E-state index in [0.717, 1.165) is 27.9 Å². The lowest BCUT2D eigenvalue weighted by Gasteiger charge is -2.06. The molecule has 0 unspecified atom stereocenters. The summed E-state index contributed by atoms with van der Waals surface area (Å²) in [4.78, 5) is 17.3. The van der Waals surface area contributed by atoms with Gasteiger partial charge in [-0.15, -0.1) is 0 Å². The fraction of sp³-hybridized carbons (Fsp3) is 0.111. The number of fused-ring (bicyclic) bond motifs is 2. The second kappa shape index (κ2) is 5.62. The highest BCUT2D eigenvalue weighted by Crippen LogP contribution is 2.29. The lowest BCUT2D eigenvalue weighted by Crippen LogP contribution is -2.20. The van der Waals surface area contributed by atoms with E-state index in [4.69, 9.17) is 11.6 Å². The molecule has 0 aliphatic carbocycles. The minimum absolute atomic E-state index is 0.00260. The van der Waals surface area contributed by atoms with E-state index in [1.807, 2.05) is 24.3 Å². The van der Waals surface area contributed by atoms with Gasteiger partial charge in [-0.2, -0.15) is 0 Å². The van der Waals surface area contributed by atoms with Crippen LogP contribution in [0.25, 0.3) is 22.6 Å². The maximum atomic E-state index is 12.6.